The van der Waals surface area contributed by atoms with Gasteiger partial charge in [0.25, 0.3) is 10.0 Å². The largest absolute Gasteiger partial charge is 0.376 e. The molecule has 0 aliphatic rings. The van der Waals surface area contributed by atoms with Gasteiger partial charge in [0.15, 0.2) is 0 Å². The van der Waals surface area contributed by atoms with Crippen LogP contribution in [0.1, 0.15) is 18.3 Å². The topological polar surface area (TPSA) is 80.1 Å². The van der Waals surface area contributed by atoms with Crippen LogP contribution in [0.25, 0.3) is 0 Å². The quantitative estimate of drug-likeness (QED) is 0.907. The van der Waals surface area contributed by atoms with E-state index in [1.807, 2.05) is 25.9 Å². The van der Waals surface area contributed by atoms with Gasteiger partial charge in [-0.1, -0.05) is 0 Å². The Labute approximate surface area is 131 Å². The van der Waals surface area contributed by atoms with Crippen LogP contribution < -0.4 is 9.62 Å². The van der Waals surface area contributed by atoms with E-state index in [1.54, 1.807) is 36.9 Å². The molecule has 1 N–H and O–H groups in total. The van der Waals surface area contributed by atoms with E-state index in [1.165, 1.54) is 0 Å². The Kier molecular flexibility index (Phi) is 4.41. The summed E-state index contributed by atoms with van der Waals surface area (Å²) in [6.45, 7) is 5.99. The van der Waals surface area contributed by atoms with Gasteiger partial charge in [-0.3, -0.25) is 9.40 Å². The number of nitrogens with zero attached hydrogens (tertiary/aromatic N) is 4. The SMILES string of the molecule is CCn1nc(C)c(S(=O)(=O)Nc2ccc(N(C)C)cn2)c1C. The second kappa shape index (κ2) is 5.96. The number of aromatic nitrogens is 3. The third-order valence-corrected chi connectivity index (χ3v) is 4.99. The average molecular weight is 323 g/mol. The highest BCUT2D eigenvalue weighted by molar-refractivity contribution is 7.92. The van der Waals surface area contributed by atoms with E-state index >= 15 is 0 Å². The van der Waals surface area contributed by atoms with Crippen molar-refractivity contribution >= 4 is 21.5 Å². The fourth-order valence-corrected chi connectivity index (χ4v) is 3.70. The lowest BCUT2D eigenvalue weighted by Gasteiger charge is -2.13. The lowest BCUT2D eigenvalue weighted by Crippen LogP contribution is -2.16. The molecule has 0 saturated carbocycles. The fourth-order valence-electron chi connectivity index (χ4n) is 2.28. The van der Waals surface area contributed by atoms with Crippen molar-refractivity contribution in [2.24, 2.45) is 0 Å². The molecule has 2 aromatic rings. The van der Waals surface area contributed by atoms with E-state index in [4.69, 9.17) is 0 Å². The van der Waals surface area contributed by atoms with Crippen molar-refractivity contribution < 1.29 is 8.42 Å². The summed E-state index contributed by atoms with van der Waals surface area (Å²) in [5, 5.41) is 4.24. The van der Waals surface area contributed by atoms with Crippen LogP contribution in [-0.2, 0) is 16.6 Å². The van der Waals surface area contributed by atoms with Gasteiger partial charge in [-0.2, -0.15) is 5.10 Å². The molecular formula is C14H21N5O2S. The normalized spacial score (nSPS) is 11.5. The first-order valence-corrected chi connectivity index (χ1v) is 8.44. The third-order valence-electron chi connectivity index (χ3n) is 3.39. The zero-order chi connectivity index (χ0) is 16.5. The predicted octanol–water partition coefficient (Wildman–Crippen LogP) is 1.78. The maximum absolute atomic E-state index is 12.6. The minimum Gasteiger partial charge on any atom is -0.376 e. The Morgan fingerprint density at radius 3 is 2.41 bits per heavy atom. The van der Waals surface area contributed by atoms with Gasteiger partial charge in [0.05, 0.1) is 23.3 Å². The number of sulfonamides is 1. The van der Waals surface area contributed by atoms with Gasteiger partial charge in [-0.05, 0) is 32.9 Å². The standard InChI is InChI=1S/C14H21N5O2S/c1-6-19-11(3)14(10(2)16-19)22(20,21)17-13-8-7-12(9-15-13)18(4)5/h7-9H,6H2,1-5H3,(H,15,17). The van der Waals surface area contributed by atoms with Crippen LogP contribution in [0, 0.1) is 13.8 Å². The van der Waals surface area contributed by atoms with Crippen LogP contribution in [0.4, 0.5) is 11.5 Å². The molecule has 0 atom stereocenters. The molecule has 0 aliphatic carbocycles. The van der Waals surface area contributed by atoms with Gasteiger partial charge in [-0.25, -0.2) is 13.4 Å². The first-order valence-electron chi connectivity index (χ1n) is 6.96. The molecule has 8 heteroatoms. The minimum absolute atomic E-state index is 0.216. The molecule has 0 aliphatic heterocycles. The average Bonchev–Trinajstić information content (AvgIpc) is 2.74. The number of aryl methyl sites for hydroxylation is 2. The first-order chi connectivity index (χ1) is 10.3. The van der Waals surface area contributed by atoms with E-state index in [0.29, 0.717) is 17.9 Å². The molecule has 7 nitrogen and oxygen atoms in total. The smallest absolute Gasteiger partial charge is 0.266 e. The van der Waals surface area contributed by atoms with E-state index < -0.39 is 10.0 Å². The Balaban J connectivity index is 2.34. The van der Waals surface area contributed by atoms with E-state index in [9.17, 15) is 8.42 Å². The number of rotatable bonds is 5. The van der Waals surface area contributed by atoms with E-state index in [0.717, 1.165) is 5.69 Å². The number of anilines is 2. The van der Waals surface area contributed by atoms with Crippen LogP contribution in [0.3, 0.4) is 0 Å². The first kappa shape index (κ1) is 16.3. The zero-order valence-corrected chi connectivity index (χ0v) is 14.3. The van der Waals surface area contributed by atoms with Gasteiger partial charge in [0, 0.05) is 20.6 Å². The molecule has 0 spiro atoms. The summed E-state index contributed by atoms with van der Waals surface area (Å²) in [5.74, 6) is 0.286. The van der Waals surface area contributed by atoms with Crippen LogP contribution in [0.5, 0.6) is 0 Å². The van der Waals surface area contributed by atoms with Crippen LogP contribution in [-0.4, -0.2) is 37.3 Å². The van der Waals surface area contributed by atoms with Crippen LogP contribution >= 0.6 is 0 Å². The lowest BCUT2D eigenvalue weighted by atomic mass is 10.4. The molecule has 2 rings (SSSR count). The highest BCUT2D eigenvalue weighted by Gasteiger charge is 2.24. The molecule has 22 heavy (non-hydrogen) atoms. The maximum Gasteiger partial charge on any atom is 0.266 e. The molecule has 2 heterocycles. The van der Waals surface area contributed by atoms with Crippen molar-refractivity contribution in [2.75, 3.05) is 23.7 Å². The number of hydrogen-bond donors (Lipinski definition) is 1. The van der Waals surface area contributed by atoms with Crippen molar-refractivity contribution in [1.29, 1.82) is 0 Å². The van der Waals surface area contributed by atoms with Crippen LogP contribution in [0.2, 0.25) is 0 Å². The van der Waals surface area contributed by atoms with Gasteiger partial charge < -0.3 is 4.90 Å². The highest BCUT2D eigenvalue weighted by atomic mass is 32.2. The number of hydrogen-bond acceptors (Lipinski definition) is 5. The Morgan fingerprint density at radius 2 is 1.95 bits per heavy atom. The summed E-state index contributed by atoms with van der Waals surface area (Å²) in [5.41, 5.74) is 2.00. The van der Waals surface area contributed by atoms with Gasteiger partial charge in [0.1, 0.15) is 10.7 Å². The van der Waals surface area contributed by atoms with Crippen molar-refractivity contribution in [3.05, 3.63) is 29.7 Å². The summed E-state index contributed by atoms with van der Waals surface area (Å²) in [7, 11) is 0.0846. The molecule has 0 saturated heterocycles. The second-order valence-corrected chi connectivity index (χ2v) is 6.84. The molecular weight excluding hydrogens is 302 g/mol. The molecule has 120 valence electrons. The van der Waals surface area contributed by atoms with Crippen molar-refractivity contribution in [3.8, 4) is 0 Å². The van der Waals surface area contributed by atoms with E-state index in [2.05, 4.69) is 14.8 Å². The molecule has 0 aromatic carbocycles. The van der Waals surface area contributed by atoms with E-state index in [-0.39, 0.29) is 10.7 Å². The molecule has 0 bridgehead atoms. The monoisotopic (exact) mass is 323 g/mol. The molecule has 0 fully saturated rings. The fraction of sp³-hybridized carbons (Fsp3) is 0.429. The Hall–Kier alpha value is -2.09. The lowest BCUT2D eigenvalue weighted by molar-refractivity contribution is 0.598. The summed E-state index contributed by atoms with van der Waals surface area (Å²) in [6.07, 6.45) is 1.62. The van der Waals surface area contributed by atoms with Gasteiger partial charge >= 0.3 is 0 Å². The molecule has 0 radical (unpaired) electrons. The second-order valence-electron chi connectivity index (χ2n) is 5.22. The summed E-state index contributed by atoms with van der Waals surface area (Å²) >= 11 is 0. The Bertz CT molecular complexity index is 763. The van der Waals surface area contributed by atoms with Crippen molar-refractivity contribution in [1.82, 2.24) is 14.8 Å². The molecule has 0 amide bonds. The summed E-state index contributed by atoms with van der Waals surface area (Å²) in [4.78, 5) is 6.25. The molecule has 0 unspecified atom stereocenters. The summed E-state index contributed by atoms with van der Waals surface area (Å²) < 4.78 is 29.3. The molecule has 2 aromatic heterocycles. The highest BCUT2D eigenvalue weighted by Crippen LogP contribution is 2.22. The third kappa shape index (κ3) is 3.06. The number of pyridine rings is 1. The zero-order valence-electron chi connectivity index (χ0n) is 13.5. The maximum atomic E-state index is 12.6. The van der Waals surface area contributed by atoms with Crippen molar-refractivity contribution in [3.63, 3.8) is 0 Å². The summed E-state index contributed by atoms with van der Waals surface area (Å²) in [6, 6.07) is 3.45. The van der Waals surface area contributed by atoms with Gasteiger partial charge in [-0.15, -0.1) is 0 Å². The predicted molar refractivity (Wildman–Crippen MR) is 86.7 cm³/mol. The van der Waals surface area contributed by atoms with Gasteiger partial charge in [0.2, 0.25) is 0 Å². The number of nitrogens with one attached hydrogen (secondary N) is 1. The Morgan fingerprint density at radius 1 is 1.27 bits per heavy atom. The van der Waals surface area contributed by atoms with Crippen LogP contribution in [0.15, 0.2) is 23.2 Å². The minimum atomic E-state index is -3.71. The van der Waals surface area contributed by atoms with Crippen molar-refractivity contribution in [2.45, 2.75) is 32.2 Å².